The van der Waals surface area contributed by atoms with Crippen LogP contribution in [0, 0.1) is 0 Å². The first-order chi connectivity index (χ1) is 8.75. The smallest absolute Gasteiger partial charge is 0.142 e. The Bertz CT molecular complexity index is 499. The summed E-state index contributed by atoms with van der Waals surface area (Å²) in [6.07, 6.45) is 0. The molecule has 2 aromatic rings. The van der Waals surface area contributed by atoms with Gasteiger partial charge in [0.05, 0.1) is 5.69 Å². The molecule has 0 fully saturated rings. The van der Waals surface area contributed by atoms with Crippen molar-refractivity contribution in [1.29, 1.82) is 0 Å². The van der Waals surface area contributed by atoms with Crippen LogP contribution >= 0.6 is 15.9 Å². The summed E-state index contributed by atoms with van der Waals surface area (Å²) in [4.78, 5) is 0. The van der Waals surface area contributed by atoms with Crippen LogP contribution in [0.15, 0.2) is 53.0 Å². The average Bonchev–Trinajstić information content (AvgIpc) is 2.39. The molecule has 0 aliphatic rings. The lowest BCUT2D eigenvalue weighted by atomic mass is 10.3. The lowest BCUT2D eigenvalue weighted by molar-refractivity contribution is 0.218. The number of rotatable bonds is 5. The van der Waals surface area contributed by atoms with Gasteiger partial charge >= 0.3 is 0 Å². The van der Waals surface area contributed by atoms with Crippen LogP contribution in [0.25, 0.3) is 0 Å². The highest BCUT2D eigenvalue weighted by Gasteiger charge is 1.98. The van der Waals surface area contributed by atoms with Crippen LogP contribution in [0.5, 0.6) is 11.5 Å². The van der Waals surface area contributed by atoms with Crippen LogP contribution in [-0.4, -0.2) is 13.2 Å². The van der Waals surface area contributed by atoms with E-state index in [0.717, 1.165) is 10.2 Å². The number of benzene rings is 2. The van der Waals surface area contributed by atoms with Gasteiger partial charge in [-0.15, -0.1) is 0 Å². The molecule has 0 aromatic heterocycles. The summed E-state index contributed by atoms with van der Waals surface area (Å²) in [6.45, 7) is 0.945. The molecule has 2 aromatic carbocycles. The lowest BCUT2D eigenvalue weighted by Gasteiger charge is -2.09. The minimum atomic E-state index is 0.463. The molecule has 3 nitrogen and oxygen atoms in total. The second-order valence-corrected chi connectivity index (χ2v) is 4.60. The molecule has 0 bridgehead atoms. The van der Waals surface area contributed by atoms with E-state index in [0.29, 0.717) is 24.7 Å². The molecule has 0 radical (unpaired) electrons. The van der Waals surface area contributed by atoms with E-state index in [1.807, 2.05) is 48.5 Å². The zero-order chi connectivity index (χ0) is 12.8. The molecule has 0 atom stereocenters. The Kier molecular flexibility index (Phi) is 4.47. The SMILES string of the molecule is Nc1ccccc1OCCOc1ccc(Br)cc1. The summed E-state index contributed by atoms with van der Waals surface area (Å²) in [5.74, 6) is 1.51. The lowest BCUT2D eigenvalue weighted by Crippen LogP contribution is -2.09. The van der Waals surface area contributed by atoms with Crippen molar-refractivity contribution in [3.8, 4) is 11.5 Å². The predicted octanol–water partition coefficient (Wildman–Crippen LogP) is 3.49. The maximum atomic E-state index is 5.76. The molecule has 0 saturated carbocycles. The molecular weight excluding hydrogens is 294 g/mol. The third-order valence-electron chi connectivity index (χ3n) is 2.34. The van der Waals surface area contributed by atoms with Crippen molar-refractivity contribution < 1.29 is 9.47 Å². The first-order valence-electron chi connectivity index (χ1n) is 5.61. The van der Waals surface area contributed by atoms with E-state index >= 15 is 0 Å². The van der Waals surface area contributed by atoms with E-state index in [1.165, 1.54) is 0 Å². The molecule has 94 valence electrons. The van der Waals surface area contributed by atoms with Gasteiger partial charge in [-0.1, -0.05) is 28.1 Å². The Hall–Kier alpha value is -1.68. The topological polar surface area (TPSA) is 44.5 Å². The minimum Gasteiger partial charge on any atom is -0.490 e. The van der Waals surface area contributed by atoms with Crippen molar-refractivity contribution >= 4 is 21.6 Å². The van der Waals surface area contributed by atoms with Crippen molar-refractivity contribution in [2.75, 3.05) is 18.9 Å². The summed E-state index contributed by atoms with van der Waals surface area (Å²) in [5.41, 5.74) is 6.40. The van der Waals surface area contributed by atoms with E-state index in [2.05, 4.69) is 15.9 Å². The number of para-hydroxylation sites is 2. The van der Waals surface area contributed by atoms with Gasteiger partial charge in [0.1, 0.15) is 24.7 Å². The first-order valence-corrected chi connectivity index (χ1v) is 6.40. The number of anilines is 1. The van der Waals surface area contributed by atoms with E-state index in [4.69, 9.17) is 15.2 Å². The zero-order valence-corrected chi connectivity index (χ0v) is 11.4. The molecule has 0 saturated heterocycles. The Balaban J connectivity index is 1.76. The summed E-state index contributed by atoms with van der Waals surface area (Å²) in [7, 11) is 0. The van der Waals surface area contributed by atoms with E-state index in [1.54, 1.807) is 0 Å². The van der Waals surface area contributed by atoms with Gasteiger partial charge in [0.2, 0.25) is 0 Å². The van der Waals surface area contributed by atoms with Gasteiger partial charge in [0.15, 0.2) is 0 Å². The minimum absolute atomic E-state index is 0.463. The van der Waals surface area contributed by atoms with Gasteiger partial charge in [-0.25, -0.2) is 0 Å². The number of halogens is 1. The van der Waals surface area contributed by atoms with Gasteiger partial charge in [-0.2, -0.15) is 0 Å². The summed E-state index contributed by atoms with van der Waals surface area (Å²) < 4.78 is 12.1. The van der Waals surface area contributed by atoms with Gasteiger partial charge in [-0.3, -0.25) is 0 Å². The molecule has 2 N–H and O–H groups in total. The molecule has 0 aliphatic carbocycles. The van der Waals surface area contributed by atoms with Gasteiger partial charge < -0.3 is 15.2 Å². The van der Waals surface area contributed by atoms with Crippen LogP contribution in [0.1, 0.15) is 0 Å². The molecule has 0 aliphatic heterocycles. The van der Waals surface area contributed by atoms with Crippen molar-refractivity contribution in [3.05, 3.63) is 53.0 Å². The second kappa shape index (κ2) is 6.31. The number of hydrogen-bond donors (Lipinski definition) is 1. The molecule has 4 heteroatoms. The standard InChI is InChI=1S/C14H14BrNO2/c15-11-5-7-12(8-6-11)17-9-10-18-14-4-2-1-3-13(14)16/h1-8H,9-10,16H2. The largest absolute Gasteiger partial charge is 0.490 e. The third-order valence-corrected chi connectivity index (χ3v) is 2.87. The number of nitrogens with two attached hydrogens (primary N) is 1. The number of nitrogen functional groups attached to an aromatic ring is 1. The van der Waals surface area contributed by atoms with Gasteiger partial charge in [0.25, 0.3) is 0 Å². The van der Waals surface area contributed by atoms with E-state index in [-0.39, 0.29) is 0 Å². The monoisotopic (exact) mass is 307 g/mol. The van der Waals surface area contributed by atoms with Crippen LogP contribution in [0.2, 0.25) is 0 Å². The van der Waals surface area contributed by atoms with Crippen molar-refractivity contribution in [3.63, 3.8) is 0 Å². The number of hydrogen-bond acceptors (Lipinski definition) is 3. The normalized spacial score (nSPS) is 10.1. The molecule has 0 heterocycles. The van der Waals surface area contributed by atoms with Gasteiger partial charge in [-0.05, 0) is 36.4 Å². The van der Waals surface area contributed by atoms with Crippen LogP contribution in [0.4, 0.5) is 5.69 Å². The van der Waals surface area contributed by atoms with E-state index < -0.39 is 0 Å². The molecule has 18 heavy (non-hydrogen) atoms. The molecule has 0 amide bonds. The highest BCUT2D eigenvalue weighted by atomic mass is 79.9. The molecule has 2 rings (SSSR count). The fourth-order valence-electron chi connectivity index (χ4n) is 1.45. The maximum Gasteiger partial charge on any atom is 0.142 e. The fraction of sp³-hybridized carbons (Fsp3) is 0.143. The van der Waals surface area contributed by atoms with Crippen molar-refractivity contribution in [2.45, 2.75) is 0 Å². The Morgan fingerprint density at radius 2 is 1.56 bits per heavy atom. The summed E-state index contributed by atoms with van der Waals surface area (Å²) in [5, 5.41) is 0. The first kappa shape index (κ1) is 12.8. The van der Waals surface area contributed by atoms with Crippen molar-refractivity contribution in [2.24, 2.45) is 0 Å². The number of ether oxygens (including phenoxy) is 2. The highest BCUT2D eigenvalue weighted by Crippen LogP contribution is 2.20. The fourth-order valence-corrected chi connectivity index (χ4v) is 1.72. The van der Waals surface area contributed by atoms with Gasteiger partial charge in [0, 0.05) is 4.47 Å². The summed E-state index contributed by atoms with van der Waals surface area (Å²) in [6, 6.07) is 15.1. The summed E-state index contributed by atoms with van der Waals surface area (Å²) >= 11 is 3.37. The second-order valence-electron chi connectivity index (χ2n) is 3.69. The van der Waals surface area contributed by atoms with Crippen LogP contribution < -0.4 is 15.2 Å². The highest BCUT2D eigenvalue weighted by molar-refractivity contribution is 9.10. The Labute approximate surface area is 115 Å². The Morgan fingerprint density at radius 1 is 0.889 bits per heavy atom. The van der Waals surface area contributed by atoms with E-state index in [9.17, 15) is 0 Å². The quantitative estimate of drug-likeness (QED) is 0.679. The van der Waals surface area contributed by atoms with Crippen molar-refractivity contribution in [1.82, 2.24) is 0 Å². The predicted molar refractivity (Wildman–Crippen MR) is 76.0 cm³/mol. The third kappa shape index (κ3) is 3.67. The maximum absolute atomic E-state index is 5.76. The molecule has 0 spiro atoms. The van der Waals surface area contributed by atoms with Crippen LogP contribution in [-0.2, 0) is 0 Å². The zero-order valence-electron chi connectivity index (χ0n) is 9.80. The Morgan fingerprint density at radius 3 is 2.28 bits per heavy atom. The van der Waals surface area contributed by atoms with Crippen LogP contribution in [0.3, 0.4) is 0 Å². The molecule has 0 unspecified atom stereocenters. The average molecular weight is 308 g/mol. The molecular formula is C14H14BrNO2.